The fourth-order valence-corrected chi connectivity index (χ4v) is 4.73. The van der Waals surface area contributed by atoms with Gasteiger partial charge in [-0.2, -0.15) is 0 Å². The zero-order valence-electron chi connectivity index (χ0n) is 11.7. The standard InChI is InChI=1S/C16H24N2S/c1-2-12-10-18(8-7-15(12)17)11-14-9-13-5-3-4-6-16(13)19-14/h3-6,12,14-15H,2,7-11,17H2,1H3. The average molecular weight is 276 g/mol. The van der Waals surface area contributed by atoms with Crippen molar-refractivity contribution >= 4 is 11.8 Å². The summed E-state index contributed by atoms with van der Waals surface area (Å²) in [5.41, 5.74) is 7.74. The normalized spacial score (nSPS) is 31.4. The highest BCUT2D eigenvalue weighted by atomic mass is 32.2. The fraction of sp³-hybridized carbons (Fsp3) is 0.625. The molecule has 1 fully saturated rings. The smallest absolute Gasteiger partial charge is 0.0263 e. The van der Waals surface area contributed by atoms with E-state index in [2.05, 4.69) is 47.9 Å². The summed E-state index contributed by atoms with van der Waals surface area (Å²) in [6.07, 6.45) is 3.62. The van der Waals surface area contributed by atoms with Gasteiger partial charge in [-0.15, -0.1) is 11.8 Å². The van der Waals surface area contributed by atoms with Crippen molar-refractivity contribution in [3.63, 3.8) is 0 Å². The predicted molar refractivity (Wildman–Crippen MR) is 82.6 cm³/mol. The molecule has 104 valence electrons. The van der Waals surface area contributed by atoms with Crippen LogP contribution < -0.4 is 5.73 Å². The highest BCUT2D eigenvalue weighted by Gasteiger charge is 2.29. The number of thioether (sulfide) groups is 1. The highest BCUT2D eigenvalue weighted by molar-refractivity contribution is 8.00. The minimum atomic E-state index is 0.426. The fourth-order valence-electron chi connectivity index (χ4n) is 3.37. The number of hydrogen-bond acceptors (Lipinski definition) is 3. The molecule has 0 aromatic heterocycles. The Morgan fingerprint density at radius 1 is 1.37 bits per heavy atom. The Labute approximate surface area is 120 Å². The first-order chi connectivity index (χ1) is 9.26. The summed E-state index contributed by atoms with van der Waals surface area (Å²) in [4.78, 5) is 4.13. The van der Waals surface area contributed by atoms with E-state index in [1.54, 1.807) is 5.56 Å². The predicted octanol–water partition coefficient (Wildman–Crippen LogP) is 2.76. The van der Waals surface area contributed by atoms with Gasteiger partial charge in [0.05, 0.1) is 0 Å². The van der Waals surface area contributed by atoms with Crippen molar-refractivity contribution in [1.82, 2.24) is 4.90 Å². The van der Waals surface area contributed by atoms with Gasteiger partial charge in [-0.25, -0.2) is 0 Å². The number of nitrogens with two attached hydrogens (primary N) is 1. The summed E-state index contributed by atoms with van der Waals surface area (Å²) in [6.45, 7) is 5.88. The molecule has 3 rings (SSSR count). The molecule has 2 aliphatic rings. The molecule has 0 spiro atoms. The summed E-state index contributed by atoms with van der Waals surface area (Å²) in [7, 11) is 0. The Balaban J connectivity index is 1.56. The average Bonchev–Trinajstić information content (AvgIpc) is 2.83. The molecule has 0 radical (unpaired) electrons. The van der Waals surface area contributed by atoms with Crippen LogP contribution in [0.5, 0.6) is 0 Å². The molecule has 3 unspecified atom stereocenters. The number of piperidine rings is 1. The monoisotopic (exact) mass is 276 g/mol. The SMILES string of the molecule is CCC1CN(CC2Cc3ccccc3S2)CCC1N. The van der Waals surface area contributed by atoms with Crippen molar-refractivity contribution in [2.75, 3.05) is 19.6 Å². The molecule has 2 heterocycles. The van der Waals surface area contributed by atoms with Crippen molar-refractivity contribution in [3.8, 4) is 0 Å². The van der Waals surface area contributed by atoms with Gasteiger partial charge in [-0.3, -0.25) is 0 Å². The summed E-state index contributed by atoms with van der Waals surface area (Å²) < 4.78 is 0. The quantitative estimate of drug-likeness (QED) is 0.920. The highest BCUT2D eigenvalue weighted by Crippen LogP contribution is 2.37. The molecule has 0 amide bonds. The van der Waals surface area contributed by atoms with Gasteiger partial charge in [0, 0.05) is 29.3 Å². The first-order valence-corrected chi connectivity index (χ1v) is 8.36. The van der Waals surface area contributed by atoms with Crippen LogP contribution in [0.15, 0.2) is 29.2 Å². The van der Waals surface area contributed by atoms with Crippen LogP contribution in [0.2, 0.25) is 0 Å². The molecular formula is C16H24N2S. The molecule has 2 aliphatic heterocycles. The zero-order valence-corrected chi connectivity index (χ0v) is 12.5. The maximum atomic E-state index is 6.20. The van der Waals surface area contributed by atoms with Crippen LogP contribution in [0, 0.1) is 5.92 Å². The zero-order chi connectivity index (χ0) is 13.2. The number of benzene rings is 1. The molecule has 2 N–H and O–H groups in total. The minimum absolute atomic E-state index is 0.426. The molecule has 0 aliphatic carbocycles. The van der Waals surface area contributed by atoms with Crippen molar-refractivity contribution in [2.24, 2.45) is 11.7 Å². The van der Waals surface area contributed by atoms with Crippen molar-refractivity contribution in [3.05, 3.63) is 29.8 Å². The van der Waals surface area contributed by atoms with E-state index in [1.165, 1.54) is 43.8 Å². The van der Waals surface area contributed by atoms with Gasteiger partial charge in [-0.05, 0) is 36.9 Å². The lowest BCUT2D eigenvalue weighted by Gasteiger charge is -2.37. The molecule has 1 saturated heterocycles. The van der Waals surface area contributed by atoms with Gasteiger partial charge in [0.1, 0.15) is 0 Å². The maximum absolute atomic E-state index is 6.20. The lowest BCUT2D eigenvalue weighted by Crippen LogP contribution is -2.48. The van der Waals surface area contributed by atoms with Crippen LogP contribution in [-0.2, 0) is 6.42 Å². The second-order valence-corrected chi connectivity index (χ2v) is 7.27. The van der Waals surface area contributed by atoms with Crippen molar-refractivity contribution in [2.45, 2.75) is 42.4 Å². The van der Waals surface area contributed by atoms with Crippen molar-refractivity contribution < 1.29 is 0 Å². The molecule has 3 atom stereocenters. The van der Waals surface area contributed by atoms with E-state index in [0.717, 1.165) is 5.25 Å². The van der Waals surface area contributed by atoms with Gasteiger partial charge in [0.15, 0.2) is 0 Å². The molecule has 19 heavy (non-hydrogen) atoms. The minimum Gasteiger partial charge on any atom is -0.327 e. The molecule has 1 aromatic rings. The third-order valence-corrected chi connectivity index (χ3v) is 5.88. The lowest BCUT2D eigenvalue weighted by molar-refractivity contribution is 0.153. The number of fused-ring (bicyclic) bond motifs is 1. The third-order valence-electron chi connectivity index (χ3n) is 4.58. The lowest BCUT2D eigenvalue weighted by atomic mass is 9.90. The Bertz CT molecular complexity index is 410. The van der Waals surface area contributed by atoms with Crippen LogP contribution in [0.4, 0.5) is 0 Å². The molecule has 0 bridgehead atoms. The summed E-state index contributed by atoms with van der Waals surface area (Å²) >= 11 is 2.07. The second-order valence-electron chi connectivity index (χ2n) is 5.93. The van der Waals surface area contributed by atoms with Crippen molar-refractivity contribution in [1.29, 1.82) is 0 Å². The number of rotatable bonds is 3. The molecule has 0 saturated carbocycles. The van der Waals surface area contributed by atoms with Crippen LogP contribution in [0.25, 0.3) is 0 Å². The van der Waals surface area contributed by atoms with Gasteiger partial charge in [0.2, 0.25) is 0 Å². The van der Waals surface area contributed by atoms with Gasteiger partial charge in [-0.1, -0.05) is 31.5 Å². The first kappa shape index (κ1) is 13.5. The second kappa shape index (κ2) is 5.86. The first-order valence-electron chi connectivity index (χ1n) is 7.48. The Hall–Kier alpha value is -0.510. The number of hydrogen-bond donors (Lipinski definition) is 1. The van der Waals surface area contributed by atoms with E-state index in [0.29, 0.717) is 12.0 Å². The molecule has 3 heteroatoms. The van der Waals surface area contributed by atoms with E-state index >= 15 is 0 Å². The number of likely N-dealkylation sites (tertiary alicyclic amines) is 1. The van der Waals surface area contributed by atoms with Gasteiger partial charge < -0.3 is 10.6 Å². The van der Waals surface area contributed by atoms with E-state index in [1.807, 2.05) is 0 Å². The Morgan fingerprint density at radius 2 is 2.21 bits per heavy atom. The third kappa shape index (κ3) is 2.99. The Kier molecular flexibility index (Phi) is 4.15. The van der Waals surface area contributed by atoms with Crippen LogP contribution in [-0.4, -0.2) is 35.8 Å². The van der Waals surface area contributed by atoms with E-state index in [4.69, 9.17) is 5.73 Å². The largest absolute Gasteiger partial charge is 0.327 e. The van der Waals surface area contributed by atoms with Crippen LogP contribution in [0.1, 0.15) is 25.3 Å². The summed E-state index contributed by atoms with van der Waals surface area (Å²) in [6, 6.07) is 9.29. The molecule has 1 aromatic carbocycles. The van der Waals surface area contributed by atoms with Crippen LogP contribution in [0.3, 0.4) is 0 Å². The van der Waals surface area contributed by atoms with Gasteiger partial charge >= 0.3 is 0 Å². The van der Waals surface area contributed by atoms with Crippen LogP contribution >= 0.6 is 11.8 Å². The van der Waals surface area contributed by atoms with Gasteiger partial charge in [0.25, 0.3) is 0 Å². The van der Waals surface area contributed by atoms with E-state index < -0.39 is 0 Å². The molecular weight excluding hydrogens is 252 g/mol. The Morgan fingerprint density at radius 3 is 3.00 bits per heavy atom. The maximum Gasteiger partial charge on any atom is 0.0263 e. The number of nitrogens with zero attached hydrogens (tertiary/aromatic N) is 1. The molecule has 2 nitrogen and oxygen atoms in total. The topological polar surface area (TPSA) is 29.3 Å². The summed E-state index contributed by atoms with van der Waals surface area (Å²) in [5.74, 6) is 0.697. The summed E-state index contributed by atoms with van der Waals surface area (Å²) in [5, 5.41) is 0.740. The van der Waals surface area contributed by atoms with E-state index in [9.17, 15) is 0 Å². The van der Waals surface area contributed by atoms with E-state index in [-0.39, 0.29) is 0 Å².